The van der Waals surface area contributed by atoms with Crippen LogP contribution in [-0.4, -0.2) is 39.7 Å². The van der Waals surface area contributed by atoms with Gasteiger partial charge in [-0.2, -0.15) is 5.10 Å². The zero-order valence-electron chi connectivity index (χ0n) is 19.4. The van der Waals surface area contributed by atoms with Gasteiger partial charge in [0, 0.05) is 0 Å². The Labute approximate surface area is 202 Å². The molecular formula is C25H25ClN4O4. The zero-order chi connectivity index (χ0) is 24.6. The number of nitrogens with zero attached hydrogens (tertiary/aromatic N) is 3. The summed E-state index contributed by atoms with van der Waals surface area (Å²) >= 11 is 6.45. The standard InChI is InChI=1S/C25H25ClN4O4/c1-15-9-11-17(12-10-15)13-29-22(26)21(16(2)28-29)23(32)34-14-20(31)30-19-8-6-5-7-18(19)27-24(33)25(30,3)4/h5-12H,13-14H2,1-4H3,(H,27,33). The van der Waals surface area contributed by atoms with Gasteiger partial charge in [-0.3, -0.25) is 14.5 Å². The smallest absolute Gasteiger partial charge is 0.343 e. The summed E-state index contributed by atoms with van der Waals surface area (Å²) in [5.74, 6) is -1.61. The number of para-hydroxylation sites is 2. The van der Waals surface area contributed by atoms with Crippen LogP contribution in [0.25, 0.3) is 0 Å². The largest absolute Gasteiger partial charge is 0.452 e. The molecule has 0 unspecified atom stereocenters. The van der Waals surface area contributed by atoms with Crippen molar-refractivity contribution in [2.75, 3.05) is 16.8 Å². The summed E-state index contributed by atoms with van der Waals surface area (Å²) in [7, 11) is 0. The molecule has 0 saturated carbocycles. The first-order chi connectivity index (χ1) is 16.1. The second kappa shape index (κ2) is 8.95. The third-order valence-corrected chi connectivity index (χ3v) is 6.19. The quantitative estimate of drug-likeness (QED) is 0.554. The highest BCUT2D eigenvalue weighted by Gasteiger charge is 2.43. The predicted octanol–water partition coefficient (Wildman–Crippen LogP) is 4.12. The maximum absolute atomic E-state index is 13.1. The fourth-order valence-corrected chi connectivity index (χ4v) is 4.23. The van der Waals surface area contributed by atoms with Crippen molar-refractivity contribution < 1.29 is 19.1 Å². The van der Waals surface area contributed by atoms with Crippen LogP contribution in [0.3, 0.4) is 0 Å². The lowest BCUT2D eigenvalue weighted by molar-refractivity contribution is -0.128. The van der Waals surface area contributed by atoms with Gasteiger partial charge in [0.05, 0.1) is 23.6 Å². The molecule has 1 N–H and O–H groups in total. The number of halogens is 1. The Morgan fingerprint density at radius 3 is 2.47 bits per heavy atom. The van der Waals surface area contributed by atoms with Gasteiger partial charge in [0.1, 0.15) is 16.3 Å². The molecule has 9 heteroatoms. The van der Waals surface area contributed by atoms with Gasteiger partial charge < -0.3 is 10.1 Å². The molecule has 1 aliphatic rings. The van der Waals surface area contributed by atoms with Crippen LogP contribution in [0.1, 0.15) is 41.0 Å². The first-order valence-electron chi connectivity index (χ1n) is 10.8. The Morgan fingerprint density at radius 2 is 1.76 bits per heavy atom. The molecule has 2 aromatic carbocycles. The minimum atomic E-state index is -1.16. The van der Waals surface area contributed by atoms with Gasteiger partial charge in [-0.15, -0.1) is 0 Å². The van der Waals surface area contributed by atoms with Gasteiger partial charge in [-0.1, -0.05) is 53.6 Å². The molecule has 0 bridgehead atoms. The highest BCUT2D eigenvalue weighted by atomic mass is 35.5. The Hall–Kier alpha value is -3.65. The maximum Gasteiger partial charge on any atom is 0.343 e. The molecule has 2 amide bonds. The van der Waals surface area contributed by atoms with Crippen molar-refractivity contribution in [1.82, 2.24) is 9.78 Å². The lowest BCUT2D eigenvalue weighted by atomic mass is 9.96. The van der Waals surface area contributed by atoms with Crippen LogP contribution < -0.4 is 10.2 Å². The molecule has 176 valence electrons. The van der Waals surface area contributed by atoms with Crippen LogP contribution in [-0.2, 0) is 20.9 Å². The summed E-state index contributed by atoms with van der Waals surface area (Å²) in [4.78, 5) is 39.9. The van der Waals surface area contributed by atoms with Crippen LogP contribution in [0.4, 0.5) is 11.4 Å². The SMILES string of the molecule is Cc1ccc(Cn2nc(C)c(C(=O)OCC(=O)N3c4ccccc4NC(=O)C3(C)C)c2Cl)cc1. The maximum atomic E-state index is 13.1. The van der Waals surface area contributed by atoms with E-state index in [-0.39, 0.29) is 16.6 Å². The van der Waals surface area contributed by atoms with Crippen molar-refractivity contribution in [2.45, 2.75) is 39.8 Å². The molecule has 0 aliphatic carbocycles. The minimum absolute atomic E-state index is 0.109. The Morgan fingerprint density at radius 1 is 1.09 bits per heavy atom. The van der Waals surface area contributed by atoms with Crippen molar-refractivity contribution in [3.05, 3.63) is 76.1 Å². The number of hydrogen-bond donors (Lipinski definition) is 1. The van der Waals surface area contributed by atoms with Crippen molar-refractivity contribution in [3.8, 4) is 0 Å². The van der Waals surface area contributed by atoms with Crippen molar-refractivity contribution in [3.63, 3.8) is 0 Å². The van der Waals surface area contributed by atoms with Gasteiger partial charge in [-0.05, 0) is 45.4 Å². The van der Waals surface area contributed by atoms with E-state index in [2.05, 4.69) is 10.4 Å². The summed E-state index contributed by atoms with van der Waals surface area (Å²) in [5, 5.41) is 7.30. The van der Waals surface area contributed by atoms with E-state index in [1.165, 1.54) is 9.58 Å². The van der Waals surface area contributed by atoms with Crippen molar-refractivity contribution in [1.29, 1.82) is 0 Å². The number of carbonyl (C=O) groups is 3. The van der Waals surface area contributed by atoms with E-state index in [1.54, 1.807) is 45.0 Å². The predicted molar refractivity (Wildman–Crippen MR) is 129 cm³/mol. The number of ether oxygens (including phenoxy) is 1. The van der Waals surface area contributed by atoms with Crippen LogP contribution in [0.15, 0.2) is 48.5 Å². The second-order valence-corrected chi connectivity index (χ2v) is 9.09. The van der Waals surface area contributed by atoms with E-state index < -0.39 is 24.0 Å². The van der Waals surface area contributed by atoms with E-state index in [1.807, 2.05) is 31.2 Å². The number of aromatic nitrogens is 2. The lowest BCUT2D eigenvalue weighted by Gasteiger charge is -2.41. The third-order valence-electron chi connectivity index (χ3n) is 5.81. The van der Waals surface area contributed by atoms with Crippen LogP contribution in [0.5, 0.6) is 0 Å². The number of aryl methyl sites for hydroxylation is 2. The number of rotatable bonds is 5. The topological polar surface area (TPSA) is 93.5 Å². The Kier molecular flexibility index (Phi) is 6.18. The van der Waals surface area contributed by atoms with E-state index in [4.69, 9.17) is 16.3 Å². The summed E-state index contributed by atoms with van der Waals surface area (Å²) < 4.78 is 6.85. The molecule has 8 nitrogen and oxygen atoms in total. The molecule has 1 aliphatic heterocycles. The van der Waals surface area contributed by atoms with Crippen LogP contribution >= 0.6 is 11.6 Å². The second-order valence-electron chi connectivity index (χ2n) is 8.73. The molecule has 0 saturated heterocycles. The van der Waals surface area contributed by atoms with E-state index in [0.717, 1.165) is 11.1 Å². The third kappa shape index (κ3) is 4.28. The van der Waals surface area contributed by atoms with Crippen molar-refractivity contribution >= 4 is 40.8 Å². The molecule has 0 atom stereocenters. The van der Waals surface area contributed by atoms with Crippen molar-refractivity contribution in [2.24, 2.45) is 0 Å². The summed E-state index contributed by atoms with van der Waals surface area (Å²) in [6.45, 7) is 6.76. The minimum Gasteiger partial charge on any atom is -0.452 e. The van der Waals surface area contributed by atoms with E-state index in [0.29, 0.717) is 23.6 Å². The molecule has 3 aromatic rings. The van der Waals surface area contributed by atoms with E-state index >= 15 is 0 Å². The molecule has 0 radical (unpaired) electrons. The van der Waals surface area contributed by atoms with Gasteiger partial charge in [-0.25, -0.2) is 9.48 Å². The fourth-order valence-electron chi connectivity index (χ4n) is 3.92. The Balaban J connectivity index is 1.51. The first kappa shape index (κ1) is 23.5. The number of amides is 2. The molecule has 2 heterocycles. The van der Waals surface area contributed by atoms with Gasteiger partial charge in [0.15, 0.2) is 6.61 Å². The summed E-state index contributed by atoms with van der Waals surface area (Å²) in [6, 6.07) is 14.9. The molecule has 0 fully saturated rings. The average molecular weight is 481 g/mol. The van der Waals surface area contributed by atoms with Crippen LogP contribution in [0.2, 0.25) is 5.15 Å². The van der Waals surface area contributed by atoms with Gasteiger partial charge in [0.2, 0.25) is 5.91 Å². The average Bonchev–Trinajstić information content (AvgIpc) is 3.07. The molecule has 1 aromatic heterocycles. The Bertz CT molecular complexity index is 1280. The molecule has 4 rings (SSSR count). The lowest BCUT2D eigenvalue weighted by Crippen LogP contribution is -2.59. The zero-order valence-corrected chi connectivity index (χ0v) is 20.1. The van der Waals surface area contributed by atoms with Crippen LogP contribution in [0, 0.1) is 13.8 Å². The fraction of sp³-hybridized carbons (Fsp3) is 0.280. The highest BCUT2D eigenvalue weighted by Crippen LogP contribution is 2.36. The number of esters is 1. The van der Waals surface area contributed by atoms with Gasteiger partial charge in [0.25, 0.3) is 5.91 Å². The molecule has 0 spiro atoms. The number of anilines is 2. The number of carbonyl (C=O) groups excluding carboxylic acids is 3. The highest BCUT2D eigenvalue weighted by molar-refractivity contribution is 6.32. The monoisotopic (exact) mass is 480 g/mol. The van der Waals surface area contributed by atoms with Gasteiger partial charge >= 0.3 is 5.97 Å². The van der Waals surface area contributed by atoms with E-state index in [9.17, 15) is 14.4 Å². The molecule has 34 heavy (non-hydrogen) atoms. The first-order valence-corrected chi connectivity index (χ1v) is 11.2. The number of fused-ring (bicyclic) bond motifs is 1. The number of nitrogens with one attached hydrogen (secondary N) is 1. The summed E-state index contributed by atoms with van der Waals surface area (Å²) in [6.07, 6.45) is 0. The number of hydrogen-bond acceptors (Lipinski definition) is 5. The summed E-state index contributed by atoms with van der Waals surface area (Å²) in [5.41, 5.74) is 2.52. The number of benzene rings is 2. The normalized spacial score (nSPS) is 14.4. The molecular weight excluding hydrogens is 456 g/mol.